The second kappa shape index (κ2) is 6.95. The first-order chi connectivity index (χ1) is 11.9. The lowest BCUT2D eigenvalue weighted by Crippen LogP contribution is -2.23. The Morgan fingerprint density at radius 2 is 1.92 bits per heavy atom. The fraction of sp³-hybridized carbons (Fsp3) is 0.176. The Balaban J connectivity index is 1.74. The smallest absolute Gasteiger partial charge is 0.237 e. The molecular weight excluding hydrogens is 360 g/mol. The molecule has 3 rings (SSSR count). The molecule has 0 unspecified atom stereocenters. The minimum absolute atomic E-state index is 0.0592. The zero-order valence-electron chi connectivity index (χ0n) is 13.8. The molecule has 0 bridgehead atoms. The molecule has 0 saturated carbocycles. The Bertz CT molecular complexity index is 998. The van der Waals surface area contributed by atoms with Crippen LogP contribution >= 0.6 is 11.6 Å². The number of aryl methyl sites for hydroxylation is 2. The summed E-state index contributed by atoms with van der Waals surface area (Å²) < 4.78 is 28.9. The zero-order chi connectivity index (χ0) is 18.0. The van der Waals surface area contributed by atoms with Crippen molar-refractivity contribution in [2.45, 2.75) is 25.3 Å². The van der Waals surface area contributed by atoms with Gasteiger partial charge in [-0.15, -0.1) is 0 Å². The van der Waals surface area contributed by atoms with Gasteiger partial charge in [0.25, 0.3) is 0 Å². The number of hydrogen-bond donors (Lipinski definition) is 1. The van der Waals surface area contributed by atoms with Crippen LogP contribution in [-0.4, -0.2) is 23.2 Å². The highest BCUT2D eigenvalue weighted by Gasteiger charge is 2.17. The maximum atomic E-state index is 12.3. The van der Waals surface area contributed by atoms with E-state index in [-0.39, 0.29) is 16.5 Å². The van der Waals surface area contributed by atoms with Gasteiger partial charge in [-0.05, 0) is 43.7 Å². The molecule has 0 fully saturated rings. The number of sulfonamides is 1. The molecule has 8 heteroatoms. The SMILES string of the molecule is Cc1cc(C)n(-c2ccc(CNS(=O)(=O)c3ccccc3Cl)cn2)n1. The van der Waals surface area contributed by atoms with E-state index in [1.165, 1.54) is 6.07 Å². The van der Waals surface area contributed by atoms with Gasteiger partial charge in [0.15, 0.2) is 5.82 Å². The number of nitrogens with one attached hydrogen (secondary N) is 1. The Morgan fingerprint density at radius 1 is 1.16 bits per heavy atom. The van der Waals surface area contributed by atoms with E-state index in [2.05, 4.69) is 14.8 Å². The summed E-state index contributed by atoms with van der Waals surface area (Å²) in [5.41, 5.74) is 2.63. The van der Waals surface area contributed by atoms with Crippen LogP contribution in [0.25, 0.3) is 5.82 Å². The van der Waals surface area contributed by atoms with E-state index in [0.717, 1.165) is 17.0 Å². The zero-order valence-corrected chi connectivity index (χ0v) is 15.3. The summed E-state index contributed by atoms with van der Waals surface area (Å²) in [7, 11) is -3.68. The first-order valence-corrected chi connectivity index (χ1v) is 9.46. The van der Waals surface area contributed by atoms with Crippen molar-refractivity contribution in [1.82, 2.24) is 19.5 Å². The number of hydrogen-bond acceptors (Lipinski definition) is 4. The number of aromatic nitrogens is 3. The summed E-state index contributed by atoms with van der Waals surface area (Å²) in [6, 6.07) is 11.9. The Morgan fingerprint density at radius 3 is 2.52 bits per heavy atom. The van der Waals surface area contributed by atoms with E-state index in [0.29, 0.717) is 5.82 Å². The highest BCUT2D eigenvalue weighted by atomic mass is 35.5. The molecule has 130 valence electrons. The van der Waals surface area contributed by atoms with Crippen LogP contribution in [0.15, 0.2) is 53.6 Å². The molecule has 0 aliphatic carbocycles. The average molecular weight is 377 g/mol. The molecule has 0 aliphatic rings. The van der Waals surface area contributed by atoms with Crippen molar-refractivity contribution in [2.24, 2.45) is 0 Å². The van der Waals surface area contributed by atoms with Crippen LogP contribution in [-0.2, 0) is 16.6 Å². The fourth-order valence-corrected chi connectivity index (χ4v) is 3.96. The van der Waals surface area contributed by atoms with E-state index >= 15 is 0 Å². The number of benzene rings is 1. The van der Waals surface area contributed by atoms with Crippen molar-refractivity contribution < 1.29 is 8.42 Å². The van der Waals surface area contributed by atoms with Gasteiger partial charge in [0.2, 0.25) is 10.0 Å². The monoisotopic (exact) mass is 376 g/mol. The molecule has 0 aliphatic heterocycles. The molecular formula is C17H17ClN4O2S. The third kappa shape index (κ3) is 3.89. The van der Waals surface area contributed by atoms with Crippen LogP contribution in [0.3, 0.4) is 0 Å². The molecule has 3 aromatic rings. The number of rotatable bonds is 5. The van der Waals surface area contributed by atoms with Crippen molar-refractivity contribution in [3.8, 4) is 5.82 Å². The predicted molar refractivity (Wildman–Crippen MR) is 96.3 cm³/mol. The molecule has 0 spiro atoms. The molecule has 25 heavy (non-hydrogen) atoms. The molecule has 2 aromatic heterocycles. The fourth-order valence-electron chi connectivity index (χ4n) is 2.43. The predicted octanol–water partition coefficient (Wildman–Crippen LogP) is 3.02. The summed E-state index contributed by atoms with van der Waals surface area (Å²) in [4.78, 5) is 4.41. The average Bonchev–Trinajstić information content (AvgIpc) is 2.92. The Hall–Kier alpha value is -2.22. The number of nitrogens with zero attached hydrogens (tertiary/aromatic N) is 3. The van der Waals surface area contributed by atoms with Gasteiger partial charge < -0.3 is 0 Å². The summed E-state index contributed by atoms with van der Waals surface area (Å²) in [5, 5.41) is 4.56. The van der Waals surface area contributed by atoms with E-state index in [1.54, 1.807) is 35.1 Å². The van der Waals surface area contributed by atoms with Gasteiger partial charge in [-0.2, -0.15) is 5.10 Å². The van der Waals surface area contributed by atoms with E-state index in [4.69, 9.17) is 11.6 Å². The molecule has 0 saturated heterocycles. The third-order valence-corrected chi connectivity index (χ3v) is 5.53. The largest absolute Gasteiger partial charge is 0.242 e. The van der Waals surface area contributed by atoms with Crippen molar-refractivity contribution in [3.63, 3.8) is 0 Å². The lowest BCUT2D eigenvalue weighted by Gasteiger charge is -2.09. The molecule has 1 aromatic carbocycles. The maximum Gasteiger partial charge on any atom is 0.242 e. The second-order valence-corrected chi connectivity index (χ2v) is 7.76. The van der Waals surface area contributed by atoms with E-state index in [1.807, 2.05) is 26.0 Å². The molecule has 1 N–H and O–H groups in total. The van der Waals surface area contributed by atoms with Crippen molar-refractivity contribution in [3.05, 3.63) is 70.6 Å². The van der Waals surface area contributed by atoms with Gasteiger partial charge >= 0.3 is 0 Å². The van der Waals surface area contributed by atoms with E-state index in [9.17, 15) is 8.42 Å². The topological polar surface area (TPSA) is 76.9 Å². The molecule has 0 atom stereocenters. The molecule has 0 radical (unpaired) electrons. The lowest BCUT2D eigenvalue weighted by atomic mass is 10.3. The van der Waals surface area contributed by atoms with Gasteiger partial charge in [-0.25, -0.2) is 22.8 Å². The first-order valence-electron chi connectivity index (χ1n) is 7.59. The van der Waals surface area contributed by atoms with Gasteiger partial charge in [0.05, 0.1) is 10.7 Å². The molecule has 0 amide bonds. The molecule has 6 nitrogen and oxygen atoms in total. The van der Waals surface area contributed by atoms with Crippen LogP contribution in [0.2, 0.25) is 5.02 Å². The second-order valence-electron chi connectivity index (χ2n) is 5.62. The van der Waals surface area contributed by atoms with Gasteiger partial charge in [-0.1, -0.05) is 29.8 Å². The minimum Gasteiger partial charge on any atom is -0.237 e. The van der Waals surface area contributed by atoms with Gasteiger partial charge in [-0.3, -0.25) is 0 Å². The summed E-state index contributed by atoms with van der Waals surface area (Å²) >= 11 is 5.95. The Labute approximate surface area is 151 Å². The molecule has 2 heterocycles. The number of halogens is 1. The Kier molecular flexibility index (Phi) is 4.89. The lowest BCUT2D eigenvalue weighted by molar-refractivity contribution is 0.581. The quantitative estimate of drug-likeness (QED) is 0.742. The van der Waals surface area contributed by atoms with Crippen molar-refractivity contribution >= 4 is 21.6 Å². The normalized spacial score (nSPS) is 11.6. The van der Waals surface area contributed by atoms with Crippen LogP contribution in [0, 0.1) is 13.8 Å². The highest BCUT2D eigenvalue weighted by Crippen LogP contribution is 2.20. The third-order valence-electron chi connectivity index (χ3n) is 3.63. The number of pyridine rings is 1. The van der Waals surface area contributed by atoms with Gasteiger partial charge in [0.1, 0.15) is 4.90 Å². The first kappa shape index (κ1) is 17.6. The van der Waals surface area contributed by atoms with Gasteiger partial charge in [0, 0.05) is 18.4 Å². The van der Waals surface area contributed by atoms with E-state index < -0.39 is 10.0 Å². The van der Waals surface area contributed by atoms with Crippen LogP contribution in [0.1, 0.15) is 17.0 Å². The minimum atomic E-state index is -3.68. The highest BCUT2D eigenvalue weighted by molar-refractivity contribution is 7.89. The van der Waals surface area contributed by atoms with Crippen LogP contribution < -0.4 is 4.72 Å². The van der Waals surface area contributed by atoms with Crippen LogP contribution in [0.4, 0.5) is 0 Å². The summed E-state index contributed by atoms with van der Waals surface area (Å²) in [6.07, 6.45) is 1.63. The van der Waals surface area contributed by atoms with Crippen molar-refractivity contribution in [1.29, 1.82) is 0 Å². The maximum absolute atomic E-state index is 12.3. The summed E-state index contributed by atoms with van der Waals surface area (Å²) in [6.45, 7) is 3.99. The summed E-state index contributed by atoms with van der Waals surface area (Å²) in [5.74, 6) is 0.684. The van der Waals surface area contributed by atoms with Crippen molar-refractivity contribution in [2.75, 3.05) is 0 Å². The van der Waals surface area contributed by atoms with Crippen LogP contribution in [0.5, 0.6) is 0 Å². The standard InChI is InChI=1S/C17H17ClN4O2S/c1-12-9-13(2)22(21-12)17-8-7-14(10-19-17)11-20-25(23,24)16-6-4-3-5-15(16)18/h3-10,20H,11H2,1-2H3.